The van der Waals surface area contributed by atoms with E-state index in [0.717, 1.165) is 17.5 Å². The molecular formula is C20H22F2N2O. The summed E-state index contributed by atoms with van der Waals surface area (Å²) in [6.07, 6.45) is 0.776. The van der Waals surface area contributed by atoms with Crippen molar-refractivity contribution in [2.75, 3.05) is 32.8 Å². The van der Waals surface area contributed by atoms with Gasteiger partial charge >= 0.3 is 0 Å². The molecule has 0 radical (unpaired) electrons. The van der Waals surface area contributed by atoms with E-state index >= 15 is 0 Å². The molecule has 1 aliphatic carbocycles. The van der Waals surface area contributed by atoms with Crippen molar-refractivity contribution in [3.05, 3.63) is 59.2 Å². The van der Waals surface area contributed by atoms with Crippen LogP contribution in [0.2, 0.25) is 0 Å². The molecule has 2 aromatic rings. The molecule has 0 bridgehead atoms. The second-order valence-corrected chi connectivity index (χ2v) is 6.86. The third-order valence-corrected chi connectivity index (χ3v) is 5.26. The third-order valence-electron chi connectivity index (χ3n) is 5.26. The summed E-state index contributed by atoms with van der Waals surface area (Å²) in [6.45, 7) is 1.34. The van der Waals surface area contributed by atoms with Gasteiger partial charge in [-0.2, -0.15) is 0 Å². The molecule has 2 N–H and O–H groups in total. The van der Waals surface area contributed by atoms with E-state index in [1.54, 1.807) is 11.0 Å². The van der Waals surface area contributed by atoms with Gasteiger partial charge in [0.15, 0.2) is 0 Å². The lowest BCUT2D eigenvalue weighted by molar-refractivity contribution is -0.118. The zero-order chi connectivity index (χ0) is 17.4. The predicted octanol–water partition coefficient (Wildman–Crippen LogP) is 2.83. The van der Waals surface area contributed by atoms with Gasteiger partial charge in [-0.25, -0.2) is 8.78 Å². The summed E-state index contributed by atoms with van der Waals surface area (Å²) in [7, 11) is 0. The Morgan fingerprint density at radius 2 is 1.76 bits per heavy atom. The Labute approximate surface area is 146 Å². The Morgan fingerprint density at radius 1 is 1.04 bits per heavy atom. The molecule has 1 atom stereocenters. The van der Waals surface area contributed by atoms with Crippen molar-refractivity contribution in [3.63, 3.8) is 0 Å². The number of hydrogen-bond donors (Lipinski definition) is 2. The van der Waals surface area contributed by atoms with Crippen molar-refractivity contribution in [1.82, 2.24) is 10.2 Å². The topological polar surface area (TPSA) is 35.5 Å². The van der Waals surface area contributed by atoms with Gasteiger partial charge in [0, 0.05) is 26.2 Å². The number of fused-ring (bicyclic) bond motifs is 3. The molecule has 0 spiro atoms. The van der Waals surface area contributed by atoms with E-state index in [-0.39, 0.29) is 0 Å². The molecule has 2 aliphatic rings. The van der Waals surface area contributed by atoms with Crippen LogP contribution < -0.4 is 5.32 Å². The number of aliphatic hydroxyl groups excluding tert-OH is 1. The zero-order valence-corrected chi connectivity index (χ0v) is 14.0. The van der Waals surface area contributed by atoms with Gasteiger partial charge in [0.25, 0.3) is 5.92 Å². The van der Waals surface area contributed by atoms with Crippen LogP contribution in [0.5, 0.6) is 0 Å². The van der Waals surface area contributed by atoms with E-state index in [2.05, 4.69) is 17.4 Å². The van der Waals surface area contributed by atoms with Gasteiger partial charge in [-0.15, -0.1) is 0 Å². The quantitative estimate of drug-likeness (QED) is 0.764. The maximum atomic E-state index is 14.6. The Morgan fingerprint density at radius 3 is 2.52 bits per heavy atom. The SMILES string of the molecule is OCC(F)(F)[C@H](c1ccc2c(c1)Cc1ccccc1-2)N1CCNCC1. The summed E-state index contributed by atoms with van der Waals surface area (Å²) in [5.41, 5.74) is 5.24. The minimum Gasteiger partial charge on any atom is -0.390 e. The van der Waals surface area contributed by atoms with Crippen LogP contribution in [-0.4, -0.2) is 48.7 Å². The Balaban J connectivity index is 1.72. The molecule has 5 heteroatoms. The molecule has 3 nitrogen and oxygen atoms in total. The van der Waals surface area contributed by atoms with Gasteiger partial charge in [0.05, 0.1) is 0 Å². The molecule has 1 aliphatic heterocycles. The average molecular weight is 344 g/mol. The molecule has 1 fully saturated rings. The zero-order valence-electron chi connectivity index (χ0n) is 14.0. The van der Waals surface area contributed by atoms with Gasteiger partial charge in [-0.05, 0) is 34.2 Å². The van der Waals surface area contributed by atoms with Gasteiger partial charge in [0.2, 0.25) is 0 Å². The molecule has 0 unspecified atom stereocenters. The Kier molecular flexibility index (Phi) is 4.31. The molecule has 0 aromatic heterocycles. The summed E-state index contributed by atoms with van der Waals surface area (Å²) < 4.78 is 29.2. The van der Waals surface area contributed by atoms with Crippen LogP contribution in [0.25, 0.3) is 11.1 Å². The van der Waals surface area contributed by atoms with E-state index in [4.69, 9.17) is 0 Å². The first kappa shape index (κ1) is 16.6. The van der Waals surface area contributed by atoms with E-state index in [1.807, 2.05) is 24.3 Å². The number of halogens is 2. The Bertz CT molecular complexity index is 772. The molecule has 0 amide bonds. The predicted molar refractivity (Wildman–Crippen MR) is 93.9 cm³/mol. The molecule has 1 heterocycles. The number of nitrogens with zero attached hydrogens (tertiary/aromatic N) is 1. The number of hydrogen-bond acceptors (Lipinski definition) is 3. The maximum absolute atomic E-state index is 14.6. The van der Waals surface area contributed by atoms with Crippen LogP contribution >= 0.6 is 0 Å². The lowest BCUT2D eigenvalue weighted by atomic mass is 9.94. The van der Waals surface area contributed by atoms with Crippen LogP contribution in [0, 0.1) is 0 Å². The first-order chi connectivity index (χ1) is 12.1. The second kappa shape index (κ2) is 6.48. The van der Waals surface area contributed by atoms with E-state index < -0.39 is 18.6 Å². The second-order valence-electron chi connectivity index (χ2n) is 6.86. The molecule has 2 aromatic carbocycles. The van der Waals surface area contributed by atoms with Crippen molar-refractivity contribution >= 4 is 0 Å². The first-order valence-corrected chi connectivity index (χ1v) is 8.75. The minimum absolute atomic E-state index is 0.553. The van der Waals surface area contributed by atoms with Gasteiger partial charge < -0.3 is 10.4 Å². The minimum atomic E-state index is -3.17. The van der Waals surface area contributed by atoms with Crippen molar-refractivity contribution in [2.45, 2.75) is 18.4 Å². The van der Waals surface area contributed by atoms with E-state index in [1.165, 1.54) is 11.1 Å². The number of rotatable bonds is 4. The fourth-order valence-electron chi connectivity index (χ4n) is 4.08. The maximum Gasteiger partial charge on any atom is 0.289 e. The number of alkyl halides is 2. The summed E-state index contributed by atoms with van der Waals surface area (Å²) in [6, 6.07) is 12.8. The molecule has 132 valence electrons. The highest BCUT2D eigenvalue weighted by molar-refractivity contribution is 5.77. The summed E-state index contributed by atoms with van der Waals surface area (Å²) >= 11 is 0. The van der Waals surface area contributed by atoms with Crippen molar-refractivity contribution in [2.24, 2.45) is 0 Å². The average Bonchev–Trinajstić information content (AvgIpc) is 3.00. The van der Waals surface area contributed by atoms with Crippen LogP contribution in [0.3, 0.4) is 0 Å². The fourth-order valence-corrected chi connectivity index (χ4v) is 4.08. The summed E-state index contributed by atoms with van der Waals surface area (Å²) in [5, 5.41) is 12.5. The summed E-state index contributed by atoms with van der Waals surface area (Å²) in [5.74, 6) is -3.17. The van der Waals surface area contributed by atoms with Crippen molar-refractivity contribution < 1.29 is 13.9 Å². The highest BCUT2D eigenvalue weighted by Crippen LogP contribution is 2.41. The standard InChI is InChI=1S/C20H22F2N2O/c21-20(22,13-25)19(24-9-7-23-8-10-24)15-5-6-18-16(12-15)11-14-3-1-2-4-17(14)18/h1-6,12,19,23,25H,7-11,13H2/t19-/m0/s1. The van der Waals surface area contributed by atoms with Crippen molar-refractivity contribution in [1.29, 1.82) is 0 Å². The fraction of sp³-hybridized carbons (Fsp3) is 0.400. The largest absolute Gasteiger partial charge is 0.390 e. The molecular weight excluding hydrogens is 322 g/mol. The lowest BCUT2D eigenvalue weighted by Crippen LogP contribution is -2.51. The molecule has 25 heavy (non-hydrogen) atoms. The normalized spacial score (nSPS) is 18.7. The van der Waals surface area contributed by atoms with Crippen LogP contribution in [0.4, 0.5) is 8.78 Å². The third kappa shape index (κ3) is 2.97. The van der Waals surface area contributed by atoms with Crippen molar-refractivity contribution in [3.8, 4) is 11.1 Å². The number of nitrogens with one attached hydrogen (secondary N) is 1. The van der Waals surface area contributed by atoms with E-state index in [0.29, 0.717) is 31.7 Å². The highest BCUT2D eigenvalue weighted by Gasteiger charge is 2.44. The van der Waals surface area contributed by atoms with Crippen LogP contribution in [-0.2, 0) is 6.42 Å². The van der Waals surface area contributed by atoms with Crippen LogP contribution in [0.15, 0.2) is 42.5 Å². The molecule has 0 saturated carbocycles. The van der Waals surface area contributed by atoms with Gasteiger partial charge in [-0.3, -0.25) is 4.90 Å². The number of piperazine rings is 1. The highest BCUT2D eigenvalue weighted by atomic mass is 19.3. The Hall–Kier alpha value is -1.82. The lowest BCUT2D eigenvalue weighted by Gasteiger charge is -2.39. The van der Waals surface area contributed by atoms with Gasteiger partial charge in [-0.1, -0.05) is 42.5 Å². The van der Waals surface area contributed by atoms with Gasteiger partial charge in [0.1, 0.15) is 12.6 Å². The van der Waals surface area contributed by atoms with E-state index in [9.17, 15) is 13.9 Å². The van der Waals surface area contributed by atoms with Crippen LogP contribution in [0.1, 0.15) is 22.7 Å². The first-order valence-electron chi connectivity index (χ1n) is 8.75. The number of aliphatic hydroxyl groups is 1. The molecule has 4 rings (SSSR count). The summed E-state index contributed by atoms with van der Waals surface area (Å²) in [4.78, 5) is 1.79. The number of benzene rings is 2. The smallest absolute Gasteiger partial charge is 0.289 e. The monoisotopic (exact) mass is 344 g/mol. The molecule has 1 saturated heterocycles.